The van der Waals surface area contributed by atoms with E-state index in [-0.39, 0.29) is 5.48 Å². The summed E-state index contributed by atoms with van der Waals surface area (Å²) in [5, 5.41) is 0. The number of hydrogen-bond acceptors (Lipinski definition) is 2. The van der Waals surface area contributed by atoms with Crippen LogP contribution in [0.2, 0.25) is 0 Å². The monoisotopic (exact) mass is 88.1 g/mol. The molecule has 0 spiro atoms. The van der Waals surface area contributed by atoms with Crippen LogP contribution in [0.25, 0.3) is 0 Å². The molecule has 0 radical (unpaired) electrons. The molecule has 0 fully saturated rings. The Morgan fingerprint density at radius 1 is 1.50 bits per heavy atom. The molecule has 0 amide bonds. The lowest BCUT2D eigenvalue weighted by Gasteiger charge is -1.83. The summed E-state index contributed by atoms with van der Waals surface area (Å²) in [6.45, 7) is 0.958. The molecular formula is C3H8N2O. The lowest BCUT2D eigenvalue weighted by atomic mass is 10.7. The Morgan fingerprint density at radius 2 is 2.33 bits per heavy atom. The molecule has 0 aromatic rings. The molecule has 0 saturated carbocycles. The predicted molar refractivity (Wildman–Crippen MR) is 23.9 cm³/mol. The highest BCUT2D eigenvalue weighted by molar-refractivity contribution is 4.85. The second-order valence-corrected chi connectivity index (χ2v) is 0.928. The Bertz CT molecular complexity index is 46.8. The molecule has 36 valence electrons. The third-order valence-electron chi connectivity index (χ3n) is 0.523. The van der Waals surface area contributed by atoms with Gasteiger partial charge in [0.05, 0.1) is 0 Å². The van der Waals surface area contributed by atoms with Crippen molar-refractivity contribution in [3.05, 3.63) is 12.3 Å². The van der Waals surface area contributed by atoms with Crippen LogP contribution in [0.3, 0.4) is 0 Å². The van der Waals surface area contributed by atoms with E-state index in [1.165, 1.54) is 0 Å². The van der Waals surface area contributed by atoms with Crippen molar-refractivity contribution in [3.63, 3.8) is 0 Å². The van der Waals surface area contributed by atoms with Gasteiger partial charge in [-0.1, -0.05) is 6.08 Å². The molecular weight excluding hydrogens is 80.0 g/mol. The second kappa shape index (κ2) is 2.68. The summed E-state index contributed by atoms with van der Waals surface area (Å²) >= 11 is 0. The number of rotatable bonds is 0. The average Bonchev–Trinajstić information content (AvgIpc) is 1.76. The topological polar surface area (TPSA) is 55.6 Å². The Kier molecular flexibility index (Phi) is 2.44. The van der Waals surface area contributed by atoms with E-state index in [1.54, 1.807) is 0 Å². The Hall–Kier alpha value is -0.540. The van der Waals surface area contributed by atoms with Gasteiger partial charge in [0.2, 0.25) is 0 Å². The van der Waals surface area contributed by atoms with Crippen molar-refractivity contribution in [2.75, 3.05) is 6.54 Å². The highest BCUT2D eigenvalue weighted by atomic mass is 16.0. The average molecular weight is 88.1 g/mol. The Morgan fingerprint density at radius 3 is 2.50 bits per heavy atom. The quantitative estimate of drug-likeness (QED) is 0.390. The minimum atomic E-state index is 0. The zero-order valence-electron chi connectivity index (χ0n) is 3.36. The van der Waals surface area contributed by atoms with Crippen LogP contribution < -0.4 is 10.9 Å². The van der Waals surface area contributed by atoms with Crippen LogP contribution in [-0.2, 0) is 0 Å². The van der Waals surface area contributed by atoms with Crippen molar-refractivity contribution in [2.24, 2.45) is 0 Å². The molecule has 1 heterocycles. The standard InChI is InChI=1S/C3H6N2.H2O/c1-2-4-5-3-1;/h1-2,4-5H,3H2;1H2. The maximum absolute atomic E-state index is 2.86. The summed E-state index contributed by atoms with van der Waals surface area (Å²) in [6, 6.07) is 0. The van der Waals surface area contributed by atoms with E-state index in [2.05, 4.69) is 10.9 Å². The van der Waals surface area contributed by atoms with Crippen LogP contribution in [0, 0.1) is 0 Å². The van der Waals surface area contributed by atoms with Gasteiger partial charge in [0.15, 0.2) is 0 Å². The number of nitrogens with one attached hydrogen (secondary N) is 2. The highest BCUT2D eigenvalue weighted by Gasteiger charge is 1.78. The maximum atomic E-state index is 2.86. The third-order valence-corrected chi connectivity index (χ3v) is 0.523. The molecule has 0 unspecified atom stereocenters. The van der Waals surface area contributed by atoms with Gasteiger partial charge >= 0.3 is 0 Å². The molecule has 0 bridgehead atoms. The van der Waals surface area contributed by atoms with Crippen LogP contribution >= 0.6 is 0 Å². The van der Waals surface area contributed by atoms with Gasteiger partial charge in [-0.25, -0.2) is 5.43 Å². The van der Waals surface area contributed by atoms with Gasteiger partial charge in [0.25, 0.3) is 0 Å². The van der Waals surface area contributed by atoms with Gasteiger partial charge in [-0.3, -0.25) is 0 Å². The molecule has 3 nitrogen and oxygen atoms in total. The molecule has 0 saturated heterocycles. The van der Waals surface area contributed by atoms with Crippen molar-refractivity contribution >= 4 is 0 Å². The molecule has 3 heteroatoms. The lowest BCUT2D eigenvalue weighted by molar-refractivity contribution is 0.727. The third kappa shape index (κ3) is 1.05. The van der Waals surface area contributed by atoms with E-state index in [4.69, 9.17) is 0 Å². The maximum Gasteiger partial charge on any atom is 0.0345 e. The zero-order valence-corrected chi connectivity index (χ0v) is 3.36. The summed E-state index contributed by atoms with van der Waals surface area (Å²) in [6.07, 6.45) is 3.89. The summed E-state index contributed by atoms with van der Waals surface area (Å²) in [5.74, 6) is 0. The summed E-state index contributed by atoms with van der Waals surface area (Å²) in [5.41, 5.74) is 5.65. The normalized spacial score (nSPS) is 16.0. The highest BCUT2D eigenvalue weighted by Crippen LogP contribution is 1.67. The molecule has 0 aliphatic carbocycles. The van der Waals surface area contributed by atoms with E-state index in [1.807, 2.05) is 12.3 Å². The van der Waals surface area contributed by atoms with Crippen molar-refractivity contribution < 1.29 is 5.48 Å². The summed E-state index contributed by atoms with van der Waals surface area (Å²) in [7, 11) is 0. The minimum absolute atomic E-state index is 0. The van der Waals surface area contributed by atoms with Gasteiger partial charge in [-0.2, -0.15) is 0 Å². The van der Waals surface area contributed by atoms with Crippen molar-refractivity contribution in [1.82, 2.24) is 10.9 Å². The van der Waals surface area contributed by atoms with E-state index in [9.17, 15) is 0 Å². The second-order valence-electron chi connectivity index (χ2n) is 0.928. The van der Waals surface area contributed by atoms with E-state index < -0.39 is 0 Å². The molecule has 0 atom stereocenters. The van der Waals surface area contributed by atoms with Gasteiger partial charge < -0.3 is 10.9 Å². The largest absolute Gasteiger partial charge is 0.412 e. The van der Waals surface area contributed by atoms with Crippen LogP contribution in [0.4, 0.5) is 0 Å². The van der Waals surface area contributed by atoms with Gasteiger partial charge in [0.1, 0.15) is 0 Å². The Balaban J connectivity index is 0.000000250. The van der Waals surface area contributed by atoms with Gasteiger partial charge in [0, 0.05) is 12.7 Å². The molecule has 0 aromatic carbocycles. The summed E-state index contributed by atoms with van der Waals surface area (Å²) < 4.78 is 0. The smallest absolute Gasteiger partial charge is 0.0345 e. The fourth-order valence-electron chi connectivity index (χ4n) is 0.295. The number of hydrazine groups is 1. The Labute approximate surface area is 36.3 Å². The zero-order chi connectivity index (χ0) is 3.54. The van der Waals surface area contributed by atoms with E-state index in [0.717, 1.165) is 6.54 Å². The first-order chi connectivity index (χ1) is 2.50. The first kappa shape index (κ1) is 5.46. The molecule has 0 aromatic heterocycles. The summed E-state index contributed by atoms with van der Waals surface area (Å²) in [4.78, 5) is 0. The van der Waals surface area contributed by atoms with Crippen molar-refractivity contribution in [1.29, 1.82) is 0 Å². The first-order valence-electron chi connectivity index (χ1n) is 1.63. The predicted octanol–water partition coefficient (Wildman–Crippen LogP) is -1.22. The van der Waals surface area contributed by atoms with Crippen molar-refractivity contribution in [2.45, 2.75) is 0 Å². The fourth-order valence-corrected chi connectivity index (χ4v) is 0.295. The van der Waals surface area contributed by atoms with Gasteiger partial charge in [-0.05, 0) is 0 Å². The molecule has 1 rings (SSSR count). The molecule has 1 aliphatic heterocycles. The molecule has 1 aliphatic rings. The van der Waals surface area contributed by atoms with Crippen molar-refractivity contribution in [3.8, 4) is 0 Å². The van der Waals surface area contributed by atoms with Crippen LogP contribution in [0.1, 0.15) is 0 Å². The molecule has 4 N–H and O–H groups in total. The minimum Gasteiger partial charge on any atom is -0.412 e. The van der Waals surface area contributed by atoms with Crippen LogP contribution in [0.15, 0.2) is 12.3 Å². The SMILES string of the molecule is C1=CNNC1.O. The van der Waals surface area contributed by atoms with Gasteiger partial charge in [-0.15, -0.1) is 0 Å². The number of hydrogen-bond donors (Lipinski definition) is 2. The van der Waals surface area contributed by atoms with Crippen LogP contribution in [-0.4, -0.2) is 12.0 Å². The van der Waals surface area contributed by atoms with Crippen LogP contribution in [0.5, 0.6) is 0 Å². The van der Waals surface area contributed by atoms with E-state index >= 15 is 0 Å². The van der Waals surface area contributed by atoms with E-state index in [0.29, 0.717) is 0 Å². The lowest BCUT2D eigenvalue weighted by Crippen LogP contribution is -2.19. The molecule has 6 heavy (non-hydrogen) atoms. The fraction of sp³-hybridized carbons (Fsp3) is 0.333. The first-order valence-corrected chi connectivity index (χ1v) is 1.63.